The summed E-state index contributed by atoms with van der Waals surface area (Å²) < 4.78 is 2.18. The highest BCUT2D eigenvalue weighted by Crippen LogP contribution is 2.42. The van der Waals surface area contributed by atoms with Crippen molar-refractivity contribution in [1.29, 1.82) is 0 Å². The number of nitrogens with zero attached hydrogens (tertiary/aromatic N) is 3. The molecule has 0 spiro atoms. The van der Waals surface area contributed by atoms with E-state index in [2.05, 4.69) is 45.9 Å². The molecule has 4 nitrogen and oxygen atoms in total. The molecule has 1 aromatic carbocycles. The second-order valence-corrected chi connectivity index (χ2v) is 6.36. The Kier molecular flexibility index (Phi) is 2.70. The molecule has 23 heavy (non-hydrogen) atoms. The van der Waals surface area contributed by atoms with Gasteiger partial charge in [0.2, 0.25) is 0 Å². The van der Waals surface area contributed by atoms with Crippen LogP contribution in [0.3, 0.4) is 0 Å². The van der Waals surface area contributed by atoms with Crippen molar-refractivity contribution < 1.29 is 5.11 Å². The zero-order valence-corrected chi connectivity index (χ0v) is 12.7. The highest BCUT2D eigenvalue weighted by Gasteiger charge is 2.31. The molecule has 114 valence electrons. The molecule has 5 rings (SSSR count). The van der Waals surface area contributed by atoms with Gasteiger partial charge in [-0.3, -0.25) is 4.98 Å². The first-order chi connectivity index (χ1) is 11.3. The van der Waals surface area contributed by atoms with Gasteiger partial charge in [-0.05, 0) is 36.5 Å². The molecule has 2 aromatic heterocycles. The summed E-state index contributed by atoms with van der Waals surface area (Å²) in [6.45, 7) is 0. The van der Waals surface area contributed by atoms with Gasteiger partial charge in [0.1, 0.15) is 6.04 Å². The van der Waals surface area contributed by atoms with Crippen molar-refractivity contribution >= 4 is 0 Å². The molecule has 0 saturated heterocycles. The smallest absolute Gasteiger partial charge is 0.103 e. The number of benzene rings is 1. The van der Waals surface area contributed by atoms with Crippen LogP contribution in [-0.2, 0) is 6.42 Å². The van der Waals surface area contributed by atoms with Crippen LogP contribution >= 0.6 is 0 Å². The molecule has 1 aliphatic carbocycles. The van der Waals surface area contributed by atoms with Crippen molar-refractivity contribution in [3.05, 3.63) is 71.4 Å². The van der Waals surface area contributed by atoms with Crippen LogP contribution in [0.5, 0.6) is 0 Å². The van der Waals surface area contributed by atoms with E-state index in [9.17, 15) is 5.11 Å². The van der Waals surface area contributed by atoms with Gasteiger partial charge < -0.3 is 9.67 Å². The largest absolute Gasteiger partial charge is 0.387 e. The molecule has 2 unspecified atom stereocenters. The van der Waals surface area contributed by atoms with Crippen LogP contribution in [0.25, 0.3) is 11.3 Å². The van der Waals surface area contributed by atoms with Gasteiger partial charge in [-0.25, -0.2) is 4.98 Å². The third-order valence-electron chi connectivity index (χ3n) is 5.03. The number of imidazole rings is 1. The van der Waals surface area contributed by atoms with E-state index in [0.717, 1.165) is 36.3 Å². The van der Waals surface area contributed by atoms with Crippen LogP contribution in [0, 0.1) is 0 Å². The summed E-state index contributed by atoms with van der Waals surface area (Å²) in [5.41, 5.74) is 6.63. The monoisotopic (exact) mass is 303 g/mol. The van der Waals surface area contributed by atoms with E-state index in [0.29, 0.717) is 0 Å². The number of hydrogen-bond donors (Lipinski definition) is 1. The van der Waals surface area contributed by atoms with Crippen LogP contribution in [-0.4, -0.2) is 19.6 Å². The number of aliphatic hydroxyl groups is 1. The quantitative estimate of drug-likeness (QED) is 0.587. The predicted octanol–water partition coefficient (Wildman–Crippen LogP) is 3.27. The fourth-order valence-corrected chi connectivity index (χ4v) is 3.93. The van der Waals surface area contributed by atoms with Crippen molar-refractivity contribution in [3.63, 3.8) is 0 Å². The topological polar surface area (TPSA) is 50.9 Å². The van der Waals surface area contributed by atoms with Gasteiger partial charge in [0.25, 0.3) is 0 Å². The van der Waals surface area contributed by atoms with E-state index >= 15 is 0 Å². The van der Waals surface area contributed by atoms with Crippen LogP contribution < -0.4 is 0 Å². The van der Waals surface area contributed by atoms with Crippen molar-refractivity contribution in [2.45, 2.75) is 31.4 Å². The van der Waals surface area contributed by atoms with Crippen molar-refractivity contribution in [2.75, 3.05) is 0 Å². The standard InChI is InChI=1S/C19H17N3O/c23-17-7-3-4-12-8-9-15(21-18(12)17)19-14-6-2-1-5-13(14)16-10-20-11-22(16)19/h1-2,5-6,8-11,17,19,23H,3-4,7H2. The fourth-order valence-electron chi connectivity index (χ4n) is 3.93. The number of aryl methyl sites for hydroxylation is 1. The van der Waals surface area contributed by atoms with Gasteiger partial charge in [-0.15, -0.1) is 0 Å². The minimum absolute atomic E-state index is 0.0446. The maximum absolute atomic E-state index is 10.3. The second kappa shape index (κ2) is 4.77. The molecule has 0 radical (unpaired) electrons. The summed E-state index contributed by atoms with van der Waals surface area (Å²) >= 11 is 0. The minimum Gasteiger partial charge on any atom is -0.387 e. The Hall–Kier alpha value is -2.46. The Morgan fingerprint density at radius 2 is 2.04 bits per heavy atom. The first-order valence-electron chi connectivity index (χ1n) is 8.12. The Bertz CT molecular complexity index is 899. The Balaban J connectivity index is 1.70. The lowest BCUT2D eigenvalue weighted by Gasteiger charge is -2.23. The van der Waals surface area contributed by atoms with Gasteiger partial charge in [0.05, 0.1) is 35.7 Å². The average molecular weight is 303 g/mol. The lowest BCUT2D eigenvalue weighted by molar-refractivity contribution is 0.151. The Labute approximate surface area is 134 Å². The molecule has 4 heteroatoms. The van der Waals surface area contributed by atoms with Crippen LogP contribution in [0.1, 0.15) is 47.5 Å². The minimum atomic E-state index is -0.433. The lowest BCUT2D eigenvalue weighted by Crippen LogP contribution is -2.16. The Morgan fingerprint density at radius 1 is 1.13 bits per heavy atom. The average Bonchev–Trinajstić information content (AvgIpc) is 3.16. The van der Waals surface area contributed by atoms with E-state index in [1.165, 1.54) is 16.7 Å². The molecule has 0 bridgehead atoms. The van der Waals surface area contributed by atoms with Gasteiger partial charge in [-0.2, -0.15) is 0 Å². The van der Waals surface area contributed by atoms with E-state index in [-0.39, 0.29) is 6.04 Å². The van der Waals surface area contributed by atoms with Crippen molar-refractivity contribution in [3.8, 4) is 11.3 Å². The van der Waals surface area contributed by atoms with Crippen molar-refractivity contribution in [1.82, 2.24) is 14.5 Å². The number of aromatic nitrogens is 3. The molecule has 0 fully saturated rings. The van der Waals surface area contributed by atoms with Crippen molar-refractivity contribution in [2.24, 2.45) is 0 Å². The molecule has 3 aromatic rings. The van der Waals surface area contributed by atoms with Gasteiger partial charge >= 0.3 is 0 Å². The summed E-state index contributed by atoms with van der Waals surface area (Å²) in [7, 11) is 0. The van der Waals surface area contributed by atoms with E-state index in [1.54, 1.807) is 0 Å². The van der Waals surface area contributed by atoms with Gasteiger partial charge in [-0.1, -0.05) is 30.3 Å². The lowest BCUT2D eigenvalue weighted by atomic mass is 9.92. The number of rotatable bonds is 1. The SMILES string of the molecule is OC1CCCc2ccc(C3c4ccccc4-c4cncn43)nc21. The summed E-state index contributed by atoms with van der Waals surface area (Å²) in [5.74, 6) is 0. The number of pyridine rings is 1. The molecule has 1 N–H and O–H groups in total. The van der Waals surface area contributed by atoms with Gasteiger partial charge in [0, 0.05) is 5.56 Å². The molecule has 1 aliphatic heterocycles. The molecule has 3 heterocycles. The normalized spacial score (nSPS) is 21.6. The zero-order valence-electron chi connectivity index (χ0n) is 12.7. The van der Waals surface area contributed by atoms with Crippen LogP contribution in [0.15, 0.2) is 48.9 Å². The summed E-state index contributed by atoms with van der Waals surface area (Å²) in [6, 6.07) is 12.7. The molecule has 2 atom stereocenters. The van der Waals surface area contributed by atoms with Crippen LogP contribution in [0.2, 0.25) is 0 Å². The molecule has 0 amide bonds. The van der Waals surface area contributed by atoms with Gasteiger partial charge in [0.15, 0.2) is 0 Å². The third-order valence-corrected chi connectivity index (χ3v) is 5.03. The second-order valence-electron chi connectivity index (χ2n) is 6.36. The maximum atomic E-state index is 10.3. The third kappa shape index (κ3) is 1.82. The Morgan fingerprint density at radius 3 is 3.00 bits per heavy atom. The first kappa shape index (κ1) is 13.0. The van der Waals surface area contributed by atoms with E-state index in [4.69, 9.17) is 4.98 Å². The molecular weight excluding hydrogens is 286 g/mol. The zero-order chi connectivity index (χ0) is 15.4. The predicted molar refractivity (Wildman–Crippen MR) is 87.0 cm³/mol. The van der Waals surface area contributed by atoms with E-state index in [1.807, 2.05) is 12.5 Å². The number of hydrogen-bond acceptors (Lipinski definition) is 3. The molecule has 0 saturated carbocycles. The highest BCUT2D eigenvalue weighted by molar-refractivity contribution is 5.70. The summed E-state index contributed by atoms with van der Waals surface area (Å²) in [5, 5.41) is 10.3. The van der Waals surface area contributed by atoms with Crippen LogP contribution in [0.4, 0.5) is 0 Å². The molecule has 2 aliphatic rings. The van der Waals surface area contributed by atoms with E-state index < -0.39 is 6.10 Å². The fraction of sp³-hybridized carbons (Fsp3) is 0.263. The number of fused-ring (bicyclic) bond motifs is 4. The first-order valence-corrected chi connectivity index (χ1v) is 8.12. The maximum Gasteiger partial charge on any atom is 0.103 e. The molecular formula is C19H17N3O. The number of aliphatic hydroxyl groups excluding tert-OH is 1. The summed E-state index contributed by atoms with van der Waals surface area (Å²) in [6.07, 6.45) is 6.20. The summed E-state index contributed by atoms with van der Waals surface area (Å²) in [4.78, 5) is 9.16. The highest BCUT2D eigenvalue weighted by atomic mass is 16.3.